The molecule has 2 N–H and O–H groups in total. The molecule has 1 aliphatic heterocycles. The number of sulfonamides is 1. The summed E-state index contributed by atoms with van der Waals surface area (Å²) < 4.78 is 26.9. The average molecular weight is 340 g/mol. The number of carboxylic acids is 1. The summed E-state index contributed by atoms with van der Waals surface area (Å²) in [6.45, 7) is 3.43. The van der Waals surface area contributed by atoms with Crippen LogP contribution >= 0.6 is 0 Å². The predicted molar refractivity (Wildman–Crippen MR) is 88.1 cm³/mol. The van der Waals surface area contributed by atoms with Crippen LogP contribution in [-0.4, -0.2) is 50.6 Å². The number of carboxylic acid groups (broad SMARTS) is 1. The fraction of sp³-hybridized carbons (Fsp3) is 0.562. The zero-order valence-corrected chi connectivity index (χ0v) is 14.0. The Kier molecular flexibility index (Phi) is 6.56. The Morgan fingerprint density at radius 1 is 1.17 bits per heavy atom. The first-order valence-corrected chi connectivity index (χ1v) is 9.53. The first-order chi connectivity index (χ1) is 11.0. The molecule has 0 bridgehead atoms. The zero-order valence-electron chi connectivity index (χ0n) is 13.2. The molecule has 6 nitrogen and oxygen atoms in total. The van der Waals surface area contributed by atoms with Crippen molar-refractivity contribution >= 4 is 16.0 Å². The molecule has 7 heteroatoms. The average Bonchev–Trinajstić information content (AvgIpc) is 2.80. The first kappa shape index (κ1) is 17.9. The molecular weight excluding hydrogens is 316 g/mol. The molecule has 0 radical (unpaired) electrons. The van der Waals surface area contributed by atoms with E-state index in [0.717, 1.165) is 26.1 Å². The van der Waals surface area contributed by atoms with Gasteiger partial charge in [0.1, 0.15) is 0 Å². The SMILES string of the molecule is O=C(O)c1cccc(S(=O)(=O)NCCCN2CCCCCC2)c1. The maximum Gasteiger partial charge on any atom is 0.335 e. The van der Waals surface area contributed by atoms with Gasteiger partial charge in [0.05, 0.1) is 10.5 Å². The summed E-state index contributed by atoms with van der Waals surface area (Å²) in [7, 11) is -3.66. The predicted octanol–water partition coefficient (Wildman–Crippen LogP) is 1.93. The summed E-state index contributed by atoms with van der Waals surface area (Å²) in [4.78, 5) is 13.3. The van der Waals surface area contributed by atoms with Crippen LogP contribution in [0.1, 0.15) is 42.5 Å². The Hall–Kier alpha value is -1.44. The second-order valence-corrected chi connectivity index (χ2v) is 7.61. The lowest BCUT2D eigenvalue weighted by Gasteiger charge is -2.19. The maximum absolute atomic E-state index is 12.2. The molecule has 2 rings (SSSR count). The van der Waals surface area contributed by atoms with Gasteiger partial charge in [-0.1, -0.05) is 18.9 Å². The molecule has 128 valence electrons. The molecule has 0 aliphatic carbocycles. The number of nitrogens with one attached hydrogen (secondary N) is 1. The minimum absolute atomic E-state index is 0.00725. The Morgan fingerprint density at radius 2 is 1.87 bits per heavy atom. The highest BCUT2D eigenvalue weighted by Crippen LogP contribution is 2.12. The molecule has 0 aromatic heterocycles. The van der Waals surface area contributed by atoms with Gasteiger partial charge >= 0.3 is 5.97 Å². The van der Waals surface area contributed by atoms with Crippen LogP contribution in [0.25, 0.3) is 0 Å². The smallest absolute Gasteiger partial charge is 0.335 e. The highest BCUT2D eigenvalue weighted by molar-refractivity contribution is 7.89. The lowest BCUT2D eigenvalue weighted by molar-refractivity contribution is 0.0696. The summed E-state index contributed by atoms with van der Waals surface area (Å²) in [6, 6.07) is 5.40. The lowest BCUT2D eigenvalue weighted by atomic mass is 10.2. The van der Waals surface area contributed by atoms with E-state index < -0.39 is 16.0 Å². The van der Waals surface area contributed by atoms with Gasteiger partial charge in [0, 0.05) is 6.54 Å². The number of carbonyl (C=O) groups is 1. The van der Waals surface area contributed by atoms with Gasteiger partial charge in [-0.15, -0.1) is 0 Å². The normalized spacial score (nSPS) is 16.9. The summed E-state index contributed by atoms with van der Waals surface area (Å²) in [5.41, 5.74) is -0.0301. The van der Waals surface area contributed by atoms with Crippen LogP contribution in [0.5, 0.6) is 0 Å². The van der Waals surface area contributed by atoms with E-state index in [-0.39, 0.29) is 10.5 Å². The van der Waals surface area contributed by atoms with Crippen LogP contribution in [0.15, 0.2) is 29.2 Å². The molecule has 1 saturated heterocycles. The Balaban J connectivity index is 1.84. The minimum atomic E-state index is -3.66. The second-order valence-electron chi connectivity index (χ2n) is 5.84. The van der Waals surface area contributed by atoms with Crippen molar-refractivity contribution in [3.8, 4) is 0 Å². The molecule has 1 aromatic carbocycles. The summed E-state index contributed by atoms with van der Waals surface area (Å²) in [5, 5.41) is 8.94. The number of likely N-dealkylation sites (tertiary alicyclic amines) is 1. The first-order valence-electron chi connectivity index (χ1n) is 8.04. The van der Waals surface area contributed by atoms with Crippen molar-refractivity contribution < 1.29 is 18.3 Å². The molecule has 0 unspecified atom stereocenters. The topological polar surface area (TPSA) is 86.7 Å². The van der Waals surface area contributed by atoms with Crippen LogP contribution in [0.2, 0.25) is 0 Å². The van der Waals surface area contributed by atoms with E-state index >= 15 is 0 Å². The molecule has 1 aromatic rings. The van der Waals surface area contributed by atoms with E-state index in [1.165, 1.54) is 49.9 Å². The number of nitrogens with zero attached hydrogens (tertiary/aromatic N) is 1. The van der Waals surface area contributed by atoms with Gasteiger partial charge in [0.15, 0.2) is 0 Å². The molecule has 1 aliphatic rings. The third-order valence-electron chi connectivity index (χ3n) is 4.03. The van der Waals surface area contributed by atoms with E-state index in [1.807, 2.05) is 0 Å². The quantitative estimate of drug-likeness (QED) is 0.741. The van der Waals surface area contributed by atoms with Crippen LogP contribution in [-0.2, 0) is 10.0 Å². The molecule has 0 spiro atoms. The number of aromatic carboxylic acids is 1. The maximum atomic E-state index is 12.2. The van der Waals surface area contributed by atoms with Gasteiger partial charge < -0.3 is 10.0 Å². The summed E-state index contributed by atoms with van der Waals surface area (Å²) in [6.07, 6.45) is 5.74. The van der Waals surface area contributed by atoms with Gasteiger partial charge in [-0.2, -0.15) is 0 Å². The standard InChI is InChI=1S/C16H24N2O4S/c19-16(20)14-7-5-8-15(13-14)23(21,22)17-9-6-12-18-10-3-1-2-4-11-18/h5,7-8,13,17H,1-4,6,9-12H2,(H,19,20). The Labute approximate surface area is 137 Å². The van der Waals surface area contributed by atoms with E-state index in [9.17, 15) is 13.2 Å². The van der Waals surface area contributed by atoms with E-state index in [4.69, 9.17) is 5.11 Å². The lowest BCUT2D eigenvalue weighted by Crippen LogP contribution is -2.30. The molecule has 1 fully saturated rings. The molecular formula is C16H24N2O4S. The summed E-state index contributed by atoms with van der Waals surface area (Å²) >= 11 is 0. The van der Waals surface area contributed by atoms with Crippen LogP contribution < -0.4 is 4.72 Å². The molecule has 23 heavy (non-hydrogen) atoms. The number of rotatable bonds is 7. The van der Waals surface area contributed by atoms with Crippen molar-refractivity contribution in [2.75, 3.05) is 26.2 Å². The van der Waals surface area contributed by atoms with E-state index in [2.05, 4.69) is 9.62 Å². The highest BCUT2D eigenvalue weighted by Gasteiger charge is 2.16. The fourth-order valence-corrected chi connectivity index (χ4v) is 3.87. The van der Waals surface area contributed by atoms with Crippen molar-refractivity contribution in [2.24, 2.45) is 0 Å². The second kappa shape index (κ2) is 8.42. The van der Waals surface area contributed by atoms with Crippen molar-refractivity contribution in [3.63, 3.8) is 0 Å². The third-order valence-corrected chi connectivity index (χ3v) is 5.49. The number of hydrogen-bond acceptors (Lipinski definition) is 4. The van der Waals surface area contributed by atoms with Crippen LogP contribution in [0, 0.1) is 0 Å². The highest BCUT2D eigenvalue weighted by atomic mass is 32.2. The van der Waals surface area contributed by atoms with Gasteiger partial charge in [-0.25, -0.2) is 17.9 Å². The molecule has 0 amide bonds. The van der Waals surface area contributed by atoms with Crippen LogP contribution in [0.4, 0.5) is 0 Å². The van der Waals surface area contributed by atoms with E-state index in [0.29, 0.717) is 6.54 Å². The Morgan fingerprint density at radius 3 is 2.52 bits per heavy atom. The van der Waals surface area contributed by atoms with Gasteiger partial charge in [0.2, 0.25) is 10.0 Å². The van der Waals surface area contributed by atoms with Gasteiger partial charge in [-0.3, -0.25) is 0 Å². The fourth-order valence-electron chi connectivity index (χ4n) is 2.75. The Bertz CT molecular complexity index is 623. The molecule has 0 atom stereocenters. The van der Waals surface area contributed by atoms with Crippen LogP contribution in [0.3, 0.4) is 0 Å². The molecule has 0 saturated carbocycles. The molecule has 1 heterocycles. The van der Waals surface area contributed by atoms with Gasteiger partial charge in [-0.05, 0) is 57.1 Å². The third kappa shape index (κ3) is 5.60. The van der Waals surface area contributed by atoms with Gasteiger partial charge in [0.25, 0.3) is 0 Å². The summed E-state index contributed by atoms with van der Waals surface area (Å²) in [5.74, 6) is -1.14. The zero-order chi connectivity index (χ0) is 16.7. The minimum Gasteiger partial charge on any atom is -0.478 e. The van der Waals surface area contributed by atoms with Crippen molar-refractivity contribution in [2.45, 2.75) is 37.0 Å². The van der Waals surface area contributed by atoms with Crippen molar-refractivity contribution in [1.29, 1.82) is 0 Å². The number of benzene rings is 1. The monoisotopic (exact) mass is 340 g/mol. The van der Waals surface area contributed by atoms with E-state index in [1.54, 1.807) is 0 Å². The largest absolute Gasteiger partial charge is 0.478 e. The van der Waals surface area contributed by atoms with Crippen molar-refractivity contribution in [1.82, 2.24) is 9.62 Å². The number of hydrogen-bond donors (Lipinski definition) is 2. The van der Waals surface area contributed by atoms with Crippen molar-refractivity contribution in [3.05, 3.63) is 29.8 Å².